The van der Waals surface area contributed by atoms with E-state index in [1.54, 1.807) is 11.6 Å². The van der Waals surface area contributed by atoms with Gasteiger partial charge in [-0.1, -0.05) is 54.6 Å². The Labute approximate surface area is 248 Å². The molecule has 222 valence electrons. The van der Waals surface area contributed by atoms with Crippen molar-refractivity contribution < 1.29 is 37.4 Å². The van der Waals surface area contributed by atoms with E-state index in [-0.39, 0.29) is 18.5 Å². The number of halogens is 3. The number of aromatic nitrogens is 1. The lowest BCUT2D eigenvalue weighted by atomic mass is 9.76. The van der Waals surface area contributed by atoms with E-state index in [4.69, 9.17) is 0 Å². The summed E-state index contributed by atoms with van der Waals surface area (Å²) in [5.74, 6) is -5.50. The number of likely N-dealkylation sites (tertiary alicyclic amines) is 1. The van der Waals surface area contributed by atoms with Crippen LogP contribution >= 0.6 is 11.3 Å². The molecule has 12 heteroatoms. The number of benzene rings is 3. The number of ether oxygens (including phenoxy) is 1. The molecule has 2 amide bonds. The summed E-state index contributed by atoms with van der Waals surface area (Å²) < 4.78 is 43.1. The van der Waals surface area contributed by atoms with Crippen LogP contribution in [0.25, 0.3) is 10.8 Å². The van der Waals surface area contributed by atoms with Gasteiger partial charge < -0.3 is 9.84 Å². The molecule has 3 aromatic carbocycles. The molecule has 0 bridgehead atoms. The maximum Gasteiger partial charge on any atom is 0.573 e. The van der Waals surface area contributed by atoms with Crippen LogP contribution in [0.4, 0.5) is 13.2 Å². The zero-order chi connectivity index (χ0) is 30.5. The number of hydrogen-bond donors (Lipinski definition) is 2. The van der Waals surface area contributed by atoms with Crippen molar-refractivity contribution in [2.45, 2.75) is 37.7 Å². The second kappa shape index (κ2) is 10.8. The summed E-state index contributed by atoms with van der Waals surface area (Å²) in [5.41, 5.74) is 1.37. The number of imide groups is 1. The summed E-state index contributed by atoms with van der Waals surface area (Å²) in [6, 6.07) is 17.0. The molecule has 2 aliphatic heterocycles. The first-order valence-electron chi connectivity index (χ1n) is 13.6. The quantitative estimate of drug-likeness (QED) is 0.269. The van der Waals surface area contributed by atoms with E-state index < -0.39 is 53.3 Å². The van der Waals surface area contributed by atoms with Crippen molar-refractivity contribution in [1.29, 1.82) is 0 Å². The molecule has 0 aliphatic carbocycles. The van der Waals surface area contributed by atoms with E-state index in [9.17, 15) is 32.7 Å². The second-order valence-corrected chi connectivity index (χ2v) is 11.8. The molecule has 2 N–H and O–H groups in total. The average Bonchev–Trinajstić information content (AvgIpc) is 3.60. The maximum absolute atomic E-state index is 14.0. The van der Waals surface area contributed by atoms with Crippen molar-refractivity contribution in [3.8, 4) is 5.75 Å². The van der Waals surface area contributed by atoms with Gasteiger partial charge in [-0.05, 0) is 41.0 Å². The Kier molecular flexibility index (Phi) is 7.21. The fourth-order valence-corrected chi connectivity index (χ4v) is 7.13. The normalized spacial score (nSPS) is 23.6. The number of carbonyl (C=O) groups is 3. The highest BCUT2D eigenvalue weighted by Gasteiger charge is 2.68. The molecule has 2 fully saturated rings. The van der Waals surface area contributed by atoms with Gasteiger partial charge >= 0.3 is 12.3 Å². The summed E-state index contributed by atoms with van der Waals surface area (Å²) in [6.45, 7) is 1.85. The minimum atomic E-state index is -4.95. The van der Waals surface area contributed by atoms with E-state index in [1.807, 2.05) is 43.3 Å². The van der Waals surface area contributed by atoms with Crippen LogP contribution in [0.3, 0.4) is 0 Å². The minimum Gasteiger partial charge on any atom is -0.480 e. The van der Waals surface area contributed by atoms with Gasteiger partial charge in [-0.25, -0.2) is 4.98 Å². The maximum atomic E-state index is 14.0. The summed E-state index contributed by atoms with van der Waals surface area (Å²) in [6.07, 6.45) is -4.73. The van der Waals surface area contributed by atoms with Gasteiger partial charge in [-0.2, -0.15) is 0 Å². The van der Waals surface area contributed by atoms with Gasteiger partial charge in [0.25, 0.3) is 0 Å². The molecule has 4 atom stereocenters. The monoisotopic (exact) mass is 609 g/mol. The number of fused-ring (bicyclic) bond motifs is 2. The topological polar surface area (TPSA) is 109 Å². The van der Waals surface area contributed by atoms with Crippen LogP contribution in [0.2, 0.25) is 0 Å². The number of nitrogens with zero attached hydrogens (tertiary/aromatic N) is 2. The summed E-state index contributed by atoms with van der Waals surface area (Å²) in [7, 11) is 0. The molecule has 6 rings (SSSR count). The number of alkyl halides is 3. The van der Waals surface area contributed by atoms with Crippen molar-refractivity contribution in [2.24, 2.45) is 11.8 Å². The van der Waals surface area contributed by atoms with E-state index in [0.717, 1.165) is 38.4 Å². The highest BCUT2D eigenvalue weighted by atomic mass is 32.1. The number of rotatable bonds is 8. The Bertz CT molecular complexity index is 1740. The van der Waals surface area contributed by atoms with Crippen LogP contribution in [0, 0.1) is 18.8 Å². The molecule has 4 unspecified atom stereocenters. The smallest absolute Gasteiger partial charge is 0.480 e. The number of carbonyl (C=O) groups excluding carboxylic acids is 2. The van der Waals surface area contributed by atoms with Crippen molar-refractivity contribution in [3.63, 3.8) is 0 Å². The molecule has 2 saturated heterocycles. The van der Waals surface area contributed by atoms with Crippen molar-refractivity contribution >= 4 is 39.9 Å². The summed E-state index contributed by atoms with van der Waals surface area (Å²) in [5, 5.41) is 15.6. The molecule has 0 spiro atoms. The first-order valence-corrected chi connectivity index (χ1v) is 14.4. The second-order valence-electron chi connectivity index (χ2n) is 10.8. The molecular formula is C31H26F3N3O5S. The molecule has 8 nitrogen and oxygen atoms in total. The number of carboxylic acids is 1. The standard InChI is InChI=1S/C31H26F3N3O5S/c1-17-23(43-16-35-17)11-12-37-27(38)24-25(28(37)39)30(29(40)41,15-18-9-10-19-5-2-3-6-20(19)13-18)36-26(24)21-7-4-8-22(14-21)42-31(32,33)34/h2-10,13-14,16,24-26,36H,11-12,15H2,1H3,(H,40,41). The van der Waals surface area contributed by atoms with Gasteiger partial charge in [0.2, 0.25) is 11.8 Å². The minimum absolute atomic E-state index is 0.0311. The first-order chi connectivity index (χ1) is 20.5. The molecule has 1 aromatic heterocycles. The number of carboxylic acid groups (broad SMARTS) is 1. The predicted molar refractivity (Wildman–Crippen MR) is 151 cm³/mol. The van der Waals surface area contributed by atoms with E-state index in [1.165, 1.54) is 23.5 Å². The Morgan fingerprint density at radius 2 is 1.84 bits per heavy atom. The van der Waals surface area contributed by atoms with Crippen molar-refractivity contribution in [2.75, 3.05) is 6.54 Å². The zero-order valence-corrected chi connectivity index (χ0v) is 23.6. The van der Waals surface area contributed by atoms with E-state index in [2.05, 4.69) is 15.0 Å². The fourth-order valence-electron chi connectivity index (χ4n) is 6.36. The van der Waals surface area contributed by atoms with Gasteiger partial charge in [-0.15, -0.1) is 24.5 Å². The van der Waals surface area contributed by atoms with Gasteiger partial charge in [0.15, 0.2) is 0 Å². The SMILES string of the molecule is Cc1ncsc1CCN1C(=O)C2C(c3cccc(OC(F)(F)F)c3)NC(Cc3ccc4ccccc4c3)(C(=O)O)C2C1=O. The van der Waals surface area contributed by atoms with Crippen molar-refractivity contribution in [3.05, 3.63) is 93.9 Å². The highest BCUT2D eigenvalue weighted by Crippen LogP contribution is 2.50. The van der Waals surface area contributed by atoms with Crippen LogP contribution < -0.4 is 10.1 Å². The molecular weight excluding hydrogens is 583 g/mol. The van der Waals surface area contributed by atoms with E-state index >= 15 is 0 Å². The third-order valence-electron chi connectivity index (χ3n) is 8.28. The van der Waals surface area contributed by atoms with Crippen LogP contribution in [0.5, 0.6) is 5.75 Å². The Balaban J connectivity index is 1.42. The molecule has 0 saturated carbocycles. The van der Waals surface area contributed by atoms with Crippen molar-refractivity contribution in [1.82, 2.24) is 15.2 Å². The lowest BCUT2D eigenvalue weighted by Gasteiger charge is -2.31. The van der Waals surface area contributed by atoms with Crippen LogP contribution in [-0.2, 0) is 27.2 Å². The largest absolute Gasteiger partial charge is 0.573 e. The van der Waals surface area contributed by atoms with Gasteiger partial charge in [0.1, 0.15) is 11.3 Å². The van der Waals surface area contributed by atoms with E-state index in [0.29, 0.717) is 12.0 Å². The van der Waals surface area contributed by atoms with Crippen LogP contribution in [0.1, 0.15) is 27.7 Å². The number of thiazole rings is 1. The number of aryl methyl sites for hydroxylation is 1. The fraction of sp³-hybridized carbons (Fsp3) is 0.290. The Hall–Kier alpha value is -4.29. The van der Waals surface area contributed by atoms with Crippen LogP contribution in [0.15, 0.2) is 72.2 Å². The zero-order valence-electron chi connectivity index (χ0n) is 22.8. The van der Waals surface area contributed by atoms with Gasteiger partial charge in [-0.3, -0.25) is 24.6 Å². The third kappa shape index (κ3) is 5.25. The first kappa shape index (κ1) is 28.8. The average molecular weight is 610 g/mol. The lowest BCUT2D eigenvalue weighted by molar-refractivity contribution is -0.274. The number of hydrogen-bond acceptors (Lipinski definition) is 7. The number of nitrogens with one attached hydrogen (secondary N) is 1. The van der Waals surface area contributed by atoms with Gasteiger partial charge in [0, 0.05) is 30.3 Å². The molecule has 2 aliphatic rings. The Morgan fingerprint density at radius 1 is 1.07 bits per heavy atom. The summed E-state index contributed by atoms with van der Waals surface area (Å²) in [4.78, 5) is 47.3. The van der Waals surface area contributed by atoms with Crippen LogP contribution in [-0.4, -0.2) is 51.2 Å². The molecule has 4 aromatic rings. The van der Waals surface area contributed by atoms with Gasteiger partial charge in [0.05, 0.1) is 23.0 Å². The molecule has 0 radical (unpaired) electrons. The molecule has 3 heterocycles. The number of amides is 2. The third-order valence-corrected chi connectivity index (χ3v) is 9.28. The Morgan fingerprint density at radius 3 is 2.53 bits per heavy atom. The molecule has 43 heavy (non-hydrogen) atoms. The number of aliphatic carboxylic acids is 1. The predicted octanol–water partition coefficient (Wildman–Crippen LogP) is 5.06. The lowest BCUT2D eigenvalue weighted by Crippen LogP contribution is -2.57. The highest BCUT2D eigenvalue weighted by molar-refractivity contribution is 7.09. The summed E-state index contributed by atoms with van der Waals surface area (Å²) >= 11 is 1.39.